The minimum atomic E-state index is -0.0487. The van der Waals surface area contributed by atoms with Crippen LogP contribution in [0.2, 0.25) is 0 Å². The zero-order chi connectivity index (χ0) is 13.9. The van der Waals surface area contributed by atoms with Gasteiger partial charge in [-0.15, -0.1) is 0 Å². The van der Waals surface area contributed by atoms with Crippen molar-refractivity contribution in [3.8, 4) is 5.88 Å². The third-order valence-corrected chi connectivity index (χ3v) is 4.63. The summed E-state index contributed by atoms with van der Waals surface area (Å²) in [5, 5.41) is 12.5. The molecule has 20 heavy (non-hydrogen) atoms. The fourth-order valence-corrected chi connectivity index (χ4v) is 3.49. The Bertz CT molecular complexity index is 495. The molecule has 2 aliphatic rings. The molecule has 1 aliphatic heterocycles. The first-order chi connectivity index (χ1) is 9.72. The van der Waals surface area contributed by atoms with E-state index >= 15 is 0 Å². The Morgan fingerprint density at radius 3 is 2.80 bits per heavy atom. The van der Waals surface area contributed by atoms with E-state index in [1.165, 1.54) is 44.6 Å². The van der Waals surface area contributed by atoms with Crippen LogP contribution in [0.5, 0.6) is 5.88 Å². The van der Waals surface area contributed by atoms with E-state index < -0.39 is 0 Å². The van der Waals surface area contributed by atoms with E-state index in [2.05, 4.69) is 10.3 Å². The van der Waals surface area contributed by atoms with Gasteiger partial charge in [-0.05, 0) is 24.8 Å². The summed E-state index contributed by atoms with van der Waals surface area (Å²) >= 11 is 0. The predicted molar refractivity (Wildman–Crippen MR) is 76.7 cm³/mol. The van der Waals surface area contributed by atoms with Gasteiger partial charge < -0.3 is 10.4 Å². The van der Waals surface area contributed by atoms with Crippen molar-refractivity contribution in [1.82, 2.24) is 10.3 Å². The lowest BCUT2D eigenvalue weighted by molar-refractivity contribution is 0.0918. The SMILES string of the molecule is O=C1NC(CCC2CCCCC2)Cc2nc(O)ccc21. The van der Waals surface area contributed by atoms with Crippen molar-refractivity contribution in [2.45, 2.75) is 57.4 Å². The standard InChI is InChI=1S/C16H22N2O2/c19-15-9-8-13-14(18-15)10-12(17-16(13)20)7-6-11-4-2-1-3-5-11/h8-9,11-12H,1-7,10H2,(H,17,20)(H,18,19). The predicted octanol–water partition coefficient (Wildman–Crippen LogP) is 2.80. The molecule has 1 saturated carbocycles. The van der Waals surface area contributed by atoms with E-state index in [0.29, 0.717) is 5.56 Å². The average Bonchev–Trinajstić information content (AvgIpc) is 2.46. The number of carbonyl (C=O) groups is 1. The van der Waals surface area contributed by atoms with E-state index in [1.54, 1.807) is 6.07 Å². The molecule has 1 aliphatic carbocycles. The van der Waals surface area contributed by atoms with E-state index in [9.17, 15) is 9.90 Å². The summed E-state index contributed by atoms with van der Waals surface area (Å²) in [5.74, 6) is 0.788. The number of fused-ring (bicyclic) bond motifs is 1. The molecule has 1 atom stereocenters. The van der Waals surface area contributed by atoms with E-state index in [4.69, 9.17) is 0 Å². The fourth-order valence-electron chi connectivity index (χ4n) is 3.49. The molecule has 108 valence electrons. The molecule has 1 fully saturated rings. The molecule has 2 heterocycles. The van der Waals surface area contributed by atoms with Crippen LogP contribution in [0.4, 0.5) is 0 Å². The van der Waals surface area contributed by atoms with Gasteiger partial charge in [-0.2, -0.15) is 0 Å². The summed E-state index contributed by atoms with van der Waals surface area (Å²) in [6.07, 6.45) is 9.74. The van der Waals surface area contributed by atoms with Crippen LogP contribution in [0.15, 0.2) is 12.1 Å². The smallest absolute Gasteiger partial charge is 0.253 e. The summed E-state index contributed by atoms with van der Waals surface area (Å²) in [7, 11) is 0. The van der Waals surface area contributed by atoms with E-state index in [-0.39, 0.29) is 17.8 Å². The maximum absolute atomic E-state index is 12.0. The zero-order valence-electron chi connectivity index (χ0n) is 11.8. The fraction of sp³-hybridized carbons (Fsp3) is 0.625. The Kier molecular flexibility index (Phi) is 3.90. The minimum absolute atomic E-state index is 0.00415. The second-order valence-corrected chi connectivity index (χ2v) is 6.12. The van der Waals surface area contributed by atoms with Gasteiger partial charge >= 0.3 is 0 Å². The number of aromatic nitrogens is 1. The Labute approximate surface area is 119 Å². The number of pyridine rings is 1. The molecule has 1 aromatic rings. The molecule has 0 aromatic carbocycles. The van der Waals surface area contributed by atoms with Crippen molar-refractivity contribution >= 4 is 5.91 Å². The lowest BCUT2D eigenvalue weighted by atomic mass is 9.84. The normalized spacial score (nSPS) is 23.2. The van der Waals surface area contributed by atoms with Crippen molar-refractivity contribution in [2.75, 3.05) is 0 Å². The second kappa shape index (κ2) is 5.81. The van der Waals surface area contributed by atoms with E-state index in [0.717, 1.165) is 24.5 Å². The molecular formula is C16H22N2O2. The van der Waals surface area contributed by atoms with Gasteiger partial charge in [0.15, 0.2) is 0 Å². The van der Waals surface area contributed by atoms with Crippen molar-refractivity contribution < 1.29 is 9.90 Å². The maximum Gasteiger partial charge on any atom is 0.253 e. The van der Waals surface area contributed by atoms with Crippen LogP contribution in [-0.4, -0.2) is 22.0 Å². The highest BCUT2D eigenvalue weighted by Gasteiger charge is 2.26. The topological polar surface area (TPSA) is 62.2 Å². The van der Waals surface area contributed by atoms with Crippen molar-refractivity contribution in [2.24, 2.45) is 5.92 Å². The number of carbonyl (C=O) groups excluding carboxylic acids is 1. The Morgan fingerprint density at radius 2 is 2.00 bits per heavy atom. The molecule has 0 bridgehead atoms. The first-order valence-electron chi connectivity index (χ1n) is 7.72. The van der Waals surface area contributed by atoms with Gasteiger partial charge in [0, 0.05) is 18.5 Å². The van der Waals surface area contributed by atoms with Crippen LogP contribution in [0, 0.1) is 5.92 Å². The molecule has 0 radical (unpaired) electrons. The molecule has 3 rings (SSSR count). The molecular weight excluding hydrogens is 252 g/mol. The molecule has 1 aromatic heterocycles. The molecule has 4 nitrogen and oxygen atoms in total. The summed E-state index contributed by atoms with van der Waals surface area (Å²) < 4.78 is 0. The number of hydrogen-bond acceptors (Lipinski definition) is 3. The number of hydrogen-bond donors (Lipinski definition) is 2. The molecule has 0 spiro atoms. The van der Waals surface area contributed by atoms with Gasteiger partial charge in [-0.1, -0.05) is 32.1 Å². The number of rotatable bonds is 3. The van der Waals surface area contributed by atoms with Gasteiger partial charge in [-0.25, -0.2) is 4.98 Å². The van der Waals surface area contributed by atoms with Crippen molar-refractivity contribution in [1.29, 1.82) is 0 Å². The minimum Gasteiger partial charge on any atom is -0.493 e. The van der Waals surface area contributed by atoms with Crippen LogP contribution in [0.25, 0.3) is 0 Å². The van der Waals surface area contributed by atoms with Gasteiger partial charge in [0.2, 0.25) is 5.88 Å². The van der Waals surface area contributed by atoms with Crippen molar-refractivity contribution in [3.63, 3.8) is 0 Å². The Balaban J connectivity index is 1.61. The second-order valence-electron chi connectivity index (χ2n) is 6.12. The van der Waals surface area contributed by atoms with E-state index in [1.807, 2.05) is 0 Å². The van der Waals surface area contributed by atoms with Crippen LogP contribution in [0.1, 0.15) is 61.0 Å². The van der Waals surface area contributed by atoms with Gasteiger partial charge in [-0.3, -0.25) is 4.79 Å². The van der Waals surface area contributed by atoms with Crippen molar-refractivity contribution in [3.05, 3.63) is 23.4 Å². The lowest BCUT2D eigenvalue weighted by Gasteiger charge is -2.27. The largest absolute Gasteiger partial charge is 0.493 e. The summed E-state index contributed by atoms with van der Waals surface area (Å²) in [6, 6.07) is 3.30. The number of aromatic hydroxyl groups is 1. The number of amides is 1. The molecule has 1 unspecified atom stereocenters. The third-order valence-electron chi connectivity index (χ3n) is 4.63. The molecule has 1 amide bonds. The highest BCUT2D eigenvalue weighted by molar-refractivity contribution is 5.96. The highest BCUT2D eigenvalue weighted by atomic mass is 16.3. The monoisotopic (exact) mass is 274 g/mol. The average molecular weight is 274 g/mol. The third kappa shape index (κ3) is 2.94. The van der Waals surface area contributed by atoms with Crippen LogP contribution < -0.4 is 5.32 Å². The molecule has 4 heteroatoms. The summed E-state index contributed by atoms with van der Waals surface area (Å²) in [5.41, 5.74) is 1.35. The quantitative estimate of drug-likeness (QED) is 0.891. The Morgan fingerprint density at radius 1 is 1.20 bits per heavy atom. The highest BCUT2D eigenvalue weighted by Crippen LogP contribution is 2.29. The maximum atomic E-state index is 12.0. The van der Waals surface area contributed by atoms with Gasteiger partial charge in [0.05, 0.1) is 11.3 Å². The zero-order valence-corrected chi connectivity index (χ0v) is 11.8. The summed E-state index contributed by atoms with van der Waals surface area (Å²) in [4.78, 5) is 16.1. The van der Waals surface area contributed by atoms with Crippen LogP contribution in [0.3, 0.4) is 0 Å². The first kappa shape index (κ1) is 13.4. The number of nitrogens with one attached hydrogen (secondary N) is 1. The molecule has 0 saturated heterocycles. The lowest BCUT2D eigenvalue weighted by Crippen LogP contribution is -2.42. The van der Waals surface area contributed by atoms with Crippen LogP contribution in [-0.2, 0) is 6.42 Å². The first-order valence-corrected chi connectivity index (χ1v) is 7.72. The Hall–Kier alpha value is -1.58. The van der Waals surface area contributed by atoms with Gasteiger partial charge in [0.25, 0.3) is 5.91 Å². The summed E-state index contributed by atoms with van der Waals surface area (Å²) in [6.45, 7) is 0. The van der Waals surface area contributed by atoms with Crippen LogP contribution >= 0.6 is 0 Å². The van der Waals surface area contributed by atoms with Gasteiger partial charge in [0.1, 0.15) is 0 Å². The number of nitrogens with zero attached hydrogens (tertiary/aromatic N) is 1. The molecule has 2 N–H and O–H groups in total.